The highest BCUT2D eigenvalue weighted by atomic mass is 35.5. The van der Waals surface area contributed by atoms with Gasteiger partial charge in [0.25, 0.3) is 0 Å². The number of nitrogens with one attached hydrogen (secondary N) is 2. The van der Waals surface area contributed by atoms with E-state index in [1.807, 2.05) is 0 Å². The second kappa shape index (κ2) is 7.57. The van der Waals surface area contributed by atoms with E-state index in [1.54, 1.807) is 20.8 Å². The van der Waals surface area contributed by atoms with E-state index in [2.05, 4.69) is 10.6 Å². The maximum atomic E-state index is 13.9. The van der Waals surface area contributed by atoms with E-state index in [-0.39, 0.29) is 18.8 Å². The van der Waals surface area contributed by atoms with Gasteiger partial charge in [-0.05, 0) is 39.3 Å². The summed E-state index contributed by atoms with van der Waals surface area (Å²) < 4.78 is 27.0. The van der Waals surface area contributed by atoms with Gasteiger partial charge in [0.2, 0.25) is 5.91 Å². The molecule has 0 aliphatic carbocycles. The van der Waals surface area contributed by atoms with Gasteiger partial charge in [-0.2, -0.15) is 0 Å². The number of amides is 3. The Morgan fingerprint density at radius 3 is 2.50 bits per heavy atom. The fourth-order valence-corrected chi connectivity index (χ4v) is 2.72. The number of benzene rings is 1. The molecule has 1 fully saturated rings. The number of hydrogen-bond donors (Lipinski definition) is 2. The number of hydrogen-bond acceptors (Lipinski definition) is 3. The smallest absolute Gasteiger partial charge is 0.311 e. The molecule has 1 heterocycles. The maximum Gasteiger partial charge on any atom is 0.311 e. The Bertz CT molecular complexity index is 750. The summed E-state index contributed by atoms with van der Waals surface area (Å²) in [5, 5.41) is 4.21. The van der Waals surface area contributed by atoms with Crippen LogP contribution in [0.4, 0.5) is 14.5 Å². The average Bonchev–Trinajstić information content (AvgIpc) is 3.03. The van der Waals surface area contributed by atoms with Gasteiger partial charge < -0.3 is 15.5 Å². The number of rotatable bonds is 2. The van der Waals surface area contributed by atoms with Crippen LogP contribution in [0.2, 0.25) is 5.02 Å². The van der Waals surface area contributed by atoms with Gasteiger partial charge in [-0.1, -0.05) is 11.6 Å². The zero-order valence-corrected chi connectivity index (χ0v) is 15.4. The molecular formula is C17H20ClF2N3O3. The lowest BCUT2D eigenvalue weighted by Gasteiger charge is -2.22. The molecule has 1 aliphatic heterocycles. The molecule has 2 N–H and O–H groups in total. The van der Waals surface area contributed by atoms with Gasteiger partial charge in [0, 0.05) is 18.6 Å². The fraction of sp³-hybridized carbons (Fsp3) is 0.471. The molecule has 1 aliphatic rings. The minimum absolute atomic E-state index is 0.0405. The summed E-state index contributed by atoms with van der Waals surface area (Å²) in [4.78, 5) is 37.6. The SMILES string of the molecule is CC(C)(C)NC(=O)C(=O)N1CC[C@H](C(=O)Nc2ccc(F)c(Cl)c2F)C1. The number of anilines is 1. The Balaban J connectivity index is 1.98. The lowest BCUT2D eigenvalue weighted by Crippen LogP contribution is -2.49. The molecule has 0 radical (unpaired) electrons. The Kier molecular flexibility index (Phi) is 5.85. The van der Waals surface area contributed by atoms with Crippen LogP contribution in [0.15, 0.2) is 12.1 Å². The van der Waals surface area contributed by atoms with Crippen molar-refractivity contribution in [1.29, 1.82) is 0 Å². The van der Waals surface area contributed by atoms with Crippen molar-refractivity contribution in [2.45, 2.75) is 32.7 Å². The molecule has 0 unspecified atom stereocenters. The van der Waals surface area contributed by atoms with Crippen LogP contribution in [0.5, 0.6) is 0 Å². The first-order chi connectivity index (χ1) is 12.0. The molecule has 1 saturated heterocycles. The minimum atomic E-state index is -1.06. The molecule has 2 rings (SSSR count). The quantitative estimate of drug-likeness (QED) is 0.604. The standard InChI is InChI=1S/C17H20ClF2N3O3/c1-17(2,3)22-15(25)16(26)23-7-6-9(8-23)14(24)21-11-5-4-10(19)12(18)13(11)20/h4-5,9H,6-8H2,1-3H3,(H,21,24)(H,22,25)/t9-/m0/s1. The summed E-state index contributed by atoms with van der Waals surface area (Å²) >= 11 is 5.48. The number of carbonyl (C=O) groups is 3. The summed E-state index contributed by atoms with van der Waals surface area (Å²) in [6.45, 7) is 5.53. The monoisotopic (exact) mass is 387 g/mol. The van der Waals surface area contributed by atoms with Crippen molar-refractivity contribution in [2.24, 2.45) is 5.92 Å². The van der Waals surface area contributed by atoms with Crippen LogP contribution in [0, 0.1) is 17.6 Å². The van der Waals surface area contributed by atoms with E-state index in [0.717, 1.165) is 12.1 Å². The van der Waals surface area contributed by atoms with Crippen molar-refractivity contribution in [3.05, 3.63) is 28.8 Å². The average molecular weight is 388 g/mol. The summed E-state index contributed by atoms with van der Waals surface area (Å²) in [5.74, 6) is -4.58. The summed E-state index contributed by atoms with van der Waals surface area (Å²) in [6, 6.07) is 2.02. The zero-order chi connectivity index (χ0) is 19.6. The molecular weight excluding hydrogens is 368 g/mol. The maximum absolute atomic E-state index is 13.9. The first-order valence-corrected chi connectivity index (χ1v) is 8.43. The van der Waals surface area contributed by atoms with Gasteiger partial charge in [-0.3, -0.25) is 14.4 Å². The topological polar surface area (TPSA) is 78.5 Å². The summed E-state index contributed by atoms with van der Waals surface area (Å²) in [5.41, 5.74) is -0.792. The molecule has 0 aromatic heterocycles. The molecule has 9 heteroatoms. The predicted octanol–water partition coefficient (Wildman–Crippen LogP) is 2.32. The molecule has 0 spiro atoms. The normalized spacial score (nSPS) is 17.2. The molecule has 142 valence electrons. The van der Waals surface area contributed by atoms with E-state index in [4.69, 9.17) is 11.6 Å². The lowest BCUT2D eigenvalue weighted by atomic mass is 10.1. The zero-order valence-electron chi connectivity index (χ0n) is 14.7. The Labute approximate surface area is 154 Å². The van der Waals surface area contributed by atoms with Crippen molar-refractivity contribution < 1.29 is 23.2 Å². The highest BCUT2D eigenvalue weighted by Crippen LogP contribution is 2.26. The van der Waals surface area contributed by atoms with E-state index in [9.17, 15) is 23.2 Å². The van der Waals surface area contributed by atoms with E-state index in [0.29, 0.717) is 6.42 Å². The van der Waals surface area contributed by atoms with Crippen LogP contribution in [0.1, 0.15) is 27.2 Å². The van der Waals surface area contributed by atoms with Crippen LogP contribution < -0.4 is 10.6 Å². The first kappa shape index (κ1) is 20.1. The van der Waals surface area contributed by atoms with Crippen molar-refractivity contribution in [1.82, 2.24) is 10.2 Å². The van der Waals surface area contributed by atoms with Gasteiger partial charge in [0.15, 0.2) is 5.82 Å². The van der Waals surface area contributed by atoms with Gasteiger partial charge in [0.05, 0.1) is 11.6 Å². The van der Waals surface area contributed by atoms with E-state index >= 15 is 0 Å². The summed E-state index contributed by atoms with van der Waals surface area (Å²) in [6.07, 6.45) is 0.330. The Morgan fingerprint density at radius 1 is 1.23 bits per heavy atom. The molecule has 0 bridgehead atoms. The molecule has 1 aromatic rings. The molecule has 26 heavy (non-hydrogen) atoms. The lowest BCUT2D eigenvalue weighted by molar-refractivity contribution is -0.146. The van der Waals surface area contributed by atoms with Crippen molar-refractivity contribution in [3.63, 3.8) is 0 Å². The molecule has 6 nitrogen and oxygen atoms in total. The third kappa shape index (κ3) is 4.69. The molecule has 1 aromatic carbocycles. The van der Waals surface area contributed by atoms with Crippen molar-refractivity contribution >= 4 is 35.0 Å². The Hall–Kier alpha value is -2.22. The molecule has 3 amide bonds. The Morgan fingerprint density at radius 2 is 1.88 bits per heavy atom. The molecule has 0 saturated carbocycles. The third-order valence-electron chi connectivity index (χ3n) is 3.82. The number of halogens is 3. The molecule has 1 atom stereocenters. The highest BCUT2D eigenvalue weighted by molar-refractivity contribution is 6.35. The number of nitrogens with zero attached hydrogens (tertiary/aromatic N) is 1. The van der Waals surface area contributed by atoms with Crippen LogP contribution in [-0.2, 0) is 14.4 Å². The van der Waals surface area contributed by atoms with Gasteiger partial charge in [-0.25, -0.2) is 8.78 Å². The number of carbonyl (C=O) groups excluding carboxylic acids is 3. The van der Waals surface area contributed by atoms with E-state index in [1.165, 1.54) is 4.90 Å². The van der Waals surface area contributed by atoms with Gasteiger partial charge >= 0.3 is 11.8 Å². The van der Waals surface area contributed by atoms with Crippen LogP contribution in [0.25, 0.3) is 0 Å². The summed E-state index contributed by atoms with van der Waals surface area (Å²) in [7, 11) is 0. The van der Waals surface area contributed by atoms with Gasteiger partial charge in [-0.15, -0.1) is 0 Å². The predicted molar refractivity (Wildman–Crippen MR) is 92.6 cm³/mol. The fourth-order valence-electron chi connectivity index (χ4n) is 2.55. The van der Waals surface area contributed by atoms with Crippen LogP contribution in [0.3, 0.4) is 0 Å². The van der Waals surface area contributed by atoms with Crippen LogP contribution in [-0.4, -0.2) is 41.2 Å². The van der Waals surface area contributed by atoms with Crippen molar-refractivity contribution in [3.8, 4) is 0 Å². The highest BCUT2D eigenvalue weighted by Gasteiger charge is 2.35. The van der Waals surface area contributed by atoms with Gasteiger partial charge in [0.1, 0.15) is 10.8 Å². The number of likely N-dealkylation sites (tertiary alicyclic amines) is 1. The minimum Gasteiger partial charge on any atom is -0.343 e. The van der Waals surface area contributed by atoms with Crippen molar-refractivity contribution in [2.75, 3.05) is 18.4 Å². The largest absolute Gasteiger partial charge is 0.343 e. The first-order valence-electron chi connectivity index (χ1n) is 8.05. The third-order valence-corrected chi connectivity index (χ3v) is 4.17. The van der Waals surface area contributed by atoms with E-state index < -0.39 is 45.8 Å². The van der Waals surface area contributed by atoms with Crippen LogP contribution >= 0.6 is 11.6 Å². The second-order valence-corrected chi connectivity index (χ2v) is 7.53. The second-order valence-electron chi connectivity index (χ2n) is 7.15.